The Kier molecular flexibility index (Phi) is 37.6. The number of ether oxygens (including phenoxy) is 1. The quantitative estimate of drug-likeness (QED) is 0.0406. The number of aliphatic carboxylic acids is 1. The zero-order valence-corrected chi connectivity index (χ0v) is 31.8. The molecule has 0 heterocycles. The molecule has 0 aromatic carbocycles. The summed E-state index contributed by atoms with van der Waals surface area (Å²) in [5.41, 5.74) is 0. The fourth-order valence-corrected chi connectivity index (χ4v) is 5.98. The van der Waals surface area contributed by atoms with E-state index >= 15 is 0 Å². The Morgan fingerprint density at radius 1 is 0.479 bits per heavy atom. The van der Waals surface area contributed by atoms with Crippen LogP contribution in [0.3, 0.4) is 0 Å². The number of allylic oxidation sites excluding steroid dienone is 8. The molecule has 278 valence electrons. The lowest BCUT2D eigenvalue weighted by Gasteiger charge is -2.16. The molecule has 0 saturated heterocycles. The van der Waals surface area contributed by atoms with Crippen molar-refractivity contribution in [3.8, 4) is 0 Å². The second-order valence-electron chi connectivity index (χ2n) is 13.8. The zero-order valence-electron chi connectivity index (χ0n) is 31.8. The second kappa shape index (κ2) is 39.3. The van der Waals surface area contributed by atoms with Crippen LogP contribution in [0.5, 0.6) is 0 Å². The Bertz CT molecular complexity index is 809. The van der Waals surface area contributed by atoms with Crippen molar-refractivity contribution < 1.29 is 19.4 Å². The van der Waals surface area contributed by atoms with E-state index < -0.39 is 5.97 Å². The molecule has 48 heavy (non-hydrogen) atoms. The van der Waals surface area contributed by atoms with Crippen LogP contribution in [0.2, 0.25) is 0 Å². The van der Waals surface area contributed by atoms with Crippen LogP contribution in [0, 0.1) is 0 Å². The molecule has 0 bridgehead atoms. The lowest BCUT2D eigenvalue weighted by atomic mass is 10.0. The van der Waals surface area contributed by atoms with E-state index in [0.717, 1.165) is 70.6 Å². The summed E-state index contributed by atoms with van der Waals surface area (Å²) >= 11 is 0. The van der Waals surface area contributed by atoms with Crippen LogP contribution in [0.25, 0.3) is 0 Å². The Balaban J connectivity index is 3.50. The minimum Gasteiger partial charge on any atom is -0.481 e. The van der Waals surface area contributed by atoms with E-state index in [1.807, 2.05) is 0 Å². The van der Waals surface area contributed by atoms with Crippen LogP contribution in [-0.2, 0) is 14.3 Å². The predicted molar refractivity (Wildman–Crippen MR) is 209 cm³/mol. The molecule has 0 saturated carbocycles. The first-order chi connectivity index (χ1) is 23.6. The van der Waals surface area contributed by atoms with Gasteiger partial charge in [-0.05, 0) is 77.0 Å². The molecule has 0 aliphatic carbocycles. The van der Waals surface area contributed by atoms with Gasteiger partial charge in [-0.25, -0.2) is 0 Å². The topological polar surface area (TPSA) is 63.6 Å². The van der Waals surface area contributed by atoms with Crippen LogP contribution < -0.4 is 0 Å². The summed E-state index contributed by atoms with van der Waals surface area (Å²) in [4.78, 5) is 22.8. The first kappa shape index (κ1) is 45.9. The number of carboxylic acids is 1. The molecule has 0 aromatic heterocycles. The Labute approximate surface area is 298 Å². The number of esters is 1. The molecule has 0 aliphatic rings. The van der Waals surface area contributed by atoms with Gasteiger partial charge in [-0.3, -0.25) is 9.59 Å². The highest BCUT2D eigenvalue weighted by molar-refractivity contribution is 5.69. The molecular weight excluding hydrogens is 592 g/mol. The first-order valence-corrected chi connectivity index (χ1v) is 20.6. The molecule has 0 amide bonds. The summed E-state index contributed by atoms with van der Waals surface area (Å²) in [5.74, 6) is -0.667. The molecule has 4 nitrogen and oxygen atoms in total. The molecule has 1 atom stereocenters. The summed E-state index contributed by atoms with van der Waals surface area (Å²) in [5, 5.41) is 8.66. The van der Waals surface area contributed by atoms with Crippen molar-refractivity contribution >= 4 is 11.9 Å². The minimum absolute atomic E-state index is 0.00107. The molecular formula is C44H78O4. The maximum Gasteiger partial charge on any atom is 0.306 e. The monoisotopic (exact) mass is 671 g/mol. The van der Waals surface area contributed by atoms with E-state index in [4.69, 9.17) is 9.84 Å². The van der Waals surface area contributed by atoms with Crippen LogP contribution >= 0.6 is 0 Å². The van der Waals surface area contributed by atoms with Gasteiger partial charge in [0.2, 0.25) is 0 Å². The van der Waals surface area contributed by atoms with Gasteiger partial charge in [-0.15, -0.1) is 0 Å². The van der Waals surface area contributed by atoms with Crippen molar-refractivity contribution in [1.29, 1.82) is 0 Å². The van der Waals surface area contributed by atoms with Crippen molar-refractivity contribution in [1.82, 2.24) is 0 Å². The van der Waals surface area contributed by atoms with Gasteiger partial charge in [0, 0.05) is 12.8 Å². The predicted octanol–water partition coefficient (Wildman–Crippen LogP) is 14.3. The lowest BCUT2D eigenvalue weighted by molar-refractivity contribution is -0.149. The van der Waals surface area contributed by atoms with Gasteiger partial charge in [0.25, 0.3) is 0 Å². The van der Waals surface area contributed by atoms with E-state index in [1.165, 1.54) is 116 Å². The molecule has 0 radical (unpaired) electrons. The maximum atomic E-state index is 12.3. The first-order valence-electron chi connectivity index (χ1n) is 20.6. The summed E-state index contributed by atoms with van der Waals surface area (Å²) in [6.07, 6.45) is 53.7. The summed E-state index contributed by atoms with van der Waals surface area (Å²) < 4.78 is 5.79. The van der Waals surface area contributed by atoms with Crippen molar-refractivity contribution in [3.05, 3.63) is 48.6 Å². The molecule has 1 N–H and O–H groups in total. The van der Waals surface area contributed by atoms with Gasteiger partial charge in [0.1, 0.15) is 6.10 Å². The molecule has 0 aliphatic heterocycles. The molecule has 0 fully saturated rings. The summed E-state index contributed by atoms with van der Waals surface area (Å²) in [7, 11) is 0. The van der Waals surface area contributed by atoms with Crippen LogP contribution in [0.15, 0.2) is 48.6 Å². The van der Waals surface area contributed by atoms with E-state index in [1.54, 1.807) is 0 Å². The standard InChI is InChI=1S/C44H78O4/c1-3-5-6-7-8-9-10-11-12-13-14-15-16-17-18-23-26-29-32-35-38-41-44(47)48-42(4-2)39-36-33-30-27-24-21-19-20-22-25-28-31-34-37-40-43(45)46/h8-9,11-12,14-15,17-18,42H,3-7,10,13,16,19-41H2,1-2H3,(H,45,46)/b9-8-,12-11-,15-14-,18-17-. The van der Waals surface area contributed by atoms with Crippen LogP contribution in [0.4, 0.5) is 0 Å². The van der Waals surface area contributed by atoms with Gasteiger partial charge in [0.05, 0.1) is 0 Å². The molecule has 0 rings (SSSR count). The van der Waals surface area contributed by atoms with E-state index in [0.29, 0.717) is 12.8 Å². The van der Waals surface area contributed by atoms with Crippen molar-refractivity contribution in [2.24, 2.45) is 0 Å². The summed E-state index contributed by atoms with van der Waals surface area (Å²) in [6.45, 7) is 4.38. The fraction of sp³-hybridized carbons (Fsp3) is 0.773. The van der Waals surface area contributed by atoms with E-state index in [-0.39, 0.29) is 12.1 Å². The average Bonchev–Trinajstić information content (AvgIpc) is 3.08. The highest BCUT2D eigenvalue weighted by Gasteiger charge is 2.12. The number of hydrogen-bond acceptors (Lipinski definition) is 3. The zero-order chi connectivity index (χ0) is 35.0. The third-order valence-electron chi connectivity index (χ3n) is 9.13. The smallest absolute Gasteiger partial charge is 0.306 e. The number of unbranched alkanes of at least 4 members (excludes halogenated alkanes) is 21. The Hall–Kier alpha value is -2.10. The SMILES string of the molecule is CCCCC/C=C\C/C=C\C/C=C\C/C=C\CCCCCCCC(=O)OC(CC)CCCCCCCCCCCCCCCCC(=O)O. The van der Waals surface area contributed by atoms with E-state index in [9.17, 15) is 9.59 Å². The highest BCUT2D eigenvalue weighted by atomic mass is 16.5. The third kappa shape index (κ3) is 38.3. The van der Waals surface area contributed by atoms with Gasteiger partial charge >= 0.3 is 11.9 Å². The number of carbonyl (C=O) groups is 2. The number of rotatable bonds is 37. The van der Waals surface area contributed by atoms with Crippen LogP contribution in [0.1, 0.15) is 213 Å². The highest BCUT2D eigenvalue weighted by Crippen LogP contribution is 2.16. The van der Waals surface area contributed by atoms with Crippen molar-refractivity contribution in [3.63, 3.8) is 0 Å². The van der Waals surface area contributed by atoms with Gasteiger partial charge in [-0.2, -0.15) is 0 Å². The molecule has 1 unspecified atom stereocenters. The largest absolute Gasteiger partial charge is 0.481 e. The van der Waals surface area contributed by atoms with Crippen molar-refractivity contribution in [2.45, 2.75) is 219 Å². The van der Waals surface area contributed by atoms with Gasteiger partial charge < -0.3 is 9.84 Å². The molecule has 0 spiro atoms. The molecule has 4 heteroatoms. The third-order valence-corrected chi connectivity index (χ3v) is 9.13. The minimum atomic E-state index is -0.668. The number of carboxylic acid groups (broad SMARTS) is 1. The number of carbonyl (C=O) groups excluding carboxylic acids is 1. The van der Waals surface area contributed by atoms with Gasteiger partial charge in [-0.1, -0.05) is 172 Å². The lowest BCUT2D eigenvalue weighted by Crippen LogP contribution is -2.17. The average molecular weight is 671 g/mol. The normalized spacial score (nSPS) is 12.7. The molecule has 0 aromatic rings. The fourth-order valence-electron chi connectivity index (χ4n) is 5.98. The Morgan fingerprint density at radius 3 is 1.29 bits per heavy atom. The van der Waals surface area contributed by atoms with Crippen LogP contribution in [-0.4, -0.2) is 23.1 Å². The summed E-state index contributed by atoms with van der Waals surface area (Å²) in [6, 6.07) is 0. The maximum absolute atomic E-state index is 12.3. The number of hydrogen-bond donors (Lipinski definition) is 1. The van der Waals surface area contributed by atoms with Crippen molar-refractivity contribution in [2.75, 3.05) is 0 Å². The van der Waals surface area contributed by atoms with Gasteiger partial charge in [0.15, 0.2) is 0 Å². The Morgan fingerprint density at radius 2 is 0.854 bits per heavy atom. The van der Waals surface area contributed by atoms with E-state index in [2.05, 4.69) is 62.5 Å². The second-order valence-corrected chi connectivity index (χ2v) is 13.8.